The summed E-state index contributed by atoms with van der Waals surface area (Å²) in [6.07, 6.45) is 53.0. The van der Waals surface area contributed by atoms with Crippen LogP contribution in [0.4, 0.5) is 10.5 Å². The topological polar surface area (TPSA) is 97.4 Å². The Labute approximate surface area is 398 Å². The van der Waals surface area contributed by atoms with Crippen molar-refractivity contribution in [3.8, 4) is 12.1 Å². The minimum absolute atomic E-state index is 0.0585. The highest BCUT2D eigenvalue weighted by Crippen LogP contribution is 2.42. The summed E-state index contributed by atoms with van der Waals surface area (Å²) in [6, 6.07) is 7.07. The number of carbonyl (C=O) groups is 2. The van der Waals surface area contributed by atoms with Crippen molar-refractivity contribution in [2.75, 3.05) is 24.7 Å². The van der Waals surface area contributed by atoms with E-state index >= 15 is 0 Å². The number of urea groups is 1. The summed E-state index contributed by atoms with van der Waals surface area (Å²) in [5.74, 6) is -0.196. The van der Waals surface area contributed by atoms with Gasteiger partial charge in [-0.2, -0.15) is 10.5 Å². The Morgan fingerprint density at radius 1 is 0.531 bits per heavy atom. The van der Waals surface area contributed by atoms with Crippen LogP contribution in [0, 0.1) is 29.6 Å². The molecule has 1 heterocycles. The van der Waals surface area contributed by atoms with Gasteiger partial charge in [0.05, 0.1) is 28.9 Å². The zero-order chi connectivity index (χ0) is 45.8. The zero-order valence-electron chi connectivity index (χ0n) is 41.2. The monoisotopic (exact) mass is 905 g/mol. The number of anilines is 1. The Bertz CT molecular complexity index is 1430. The lowest BCUT2D eigenvalue weighted by Gasteiger charge is -2.35. The maximum absolute atomic E-state index is 14.9. The average molecular weight is 906 g/mol. The molecule has 0 atom stereocenters. The van der Waals surface area contributed by atoms with Gasteiger partial charge in [-0.3, -0.25) is 4.79 Å². The molecule has 1 aliphatic heterocycles. The summed E-state index contributed by atoms with van der Waals surface area (Å²) in [6.45, 7) is 2.15. The molecule has 3 amide bonds. The van der Waals surface area contributed by atoms with Gasteiger partial charge in [0.1, 0.15) is 18.2 Å². The van der Waals surface area contributed by atoms with E-state index in [0.717, 1.165) is 38.5 Å². The number of ether oxygens (including phenoxy) is 1. The van der Waals surface area contributed by atoms with E-state index in [-0.39, 0.29) is 36.7 Å². The number of halogens is 1. The molecule has 0 radical (unpaired) electrons. The zero-order valence-corrected chi connectivity index (χ0v) is 41.9. The van der Waals surface area contributed by atoms with Crippen molar-refractivity contribution in [1.82, 2.24) is 4.90 Å². The predicted octanol–water partition coefficient (Wildman–Crippen LogP) is 17.6. The van der Waals surface area contributed by atoms with E-state index < -0.39 is 5.54 Å². The first-order valence-electron chi connectivity index (χ1n) is 27.3. The van der Waals surface area contributed by atoms with Gasteiger partial charge in [0.15, 0.2) is 0 Å². The number of nitriles is 2. The number of hydrogen-bond donors (Lipinski definition) is 0. The molecular formula is C56H93ClN4O3. The van der Waals surface area contributed by atoms with Crippen molar-refractivity contribution < 1.29 is 14.3 Å². The van der Waals surface area contributed by atoms with Crippen LogP contribution in [0.25, 0.3) is 0 Å². The summed E-state index contributed by atoms with van der Waals surface area (Å²) in [7, 11) is 0. The van der Waals surface area contributed by atoms with Crippen LogP contribution in [0.5, 0.6) is 0 Å². The number of nitrogens with zero attached hydrogens (tertiary/aromatic N) is 4. The van der Waals surface area contributed by atoms with E-state index in [9.17, 15) is 14.9 Å². The Morgan fingerprint density at radius 3 is 1.14 bits per heavy atom. The third kappa shape index (κ3) is 21.8. The maximum Gasteiger partial charge on any atom is 0.332 e. The highest BCUT2D eigenvalue weighted by molar-refractivity contribution is 6.33. The van der Waals surface area contributed by atoms with E-state index in [4.69, 9.17) is 21.6 Å². The van der Waals surface area contributed by atoms with Crippen molar-refractivity contribution in [3.63, 3.8) is 0 Å². The quantitative estimate of drug-likeness (QED) is 0.217. The molecule has 2 aliphatic rings. The molecule has 1 saturated carbocycles. The first-order valence-corrected chi connectivity index (χ1v) is 27.7. The Morgan fingerprint density at radius 2 is 0.844 bits per heavy atom. The highest BCUT2D eigenvalue weighted by atomic mass is 35.5. The fraction of sp³-hybridized carbons (Fsp3) is 0.821. The molecule has 362 valence electrons. The Hall–Kier alpha value is -2.61. The first kappa shape index (κ1) is 55.7. The largest absolute Gasteiger partial charge is 0.365 e. The lowest BCUT2D eigenvalue weighted by molar-refractivity contribution is -0.126. The van der Waals surface area contributed by atoms with Gasteiger partial charge in [-0.25, -0.2) is 9.69 Å². The molecular weight excluding hydrogens is 812 g/mol. The van der Waals surface area contributed by atoms with Crippen LogP contribution < -0.4 is 4.90 Å². The van der Waals surface area contributed by atoms with Gasteiger partial charge in [0.2, 0.25) is 0 Å². The average Bonchev–Trinajstić information content (AvgIpc) is 3.49. The van der Waals surface area contributed by atoms with Crippen molar-refractivity contribution in [3.05, 3.63) is 28.3 Å². The summed E-state index contributed by atoms with van der Waals surface area (Å²) < 4.78 is 5.58. The second kappa shape index (κ2) is 36.5. The molecule has 1 spiro atoms. The van der Waals surface area contributed by atoms with Crippen molar-refractivity contribution >= 4 is 29.2 Å². The molecule has 7 nitrogen and oxygen atoms in total. The highest BCUT2D eigenvalue weighted by Gasteiger charge is 2.56. The predicted molar refractivity (Wildman–Crippen MR) is 269 cm³/mol. The number of carbonyl (C=O) groups excluding carboxylic acids is 2. The SMILES string of the molecule is Cc1c(N2C(=O)N(CCOCC#N)C3(CCCCCCCCCCCCCCCCCCCCCCCCCCCCCCCCCCCCCCCCC3)C2=O)ccc(C#N)c1Cl. The van der Waals surface area contributed by atoms with E-state index in [1.54, 1.807) is 24.0 Å². The van der Waals surface area contributed by atoms with Crippen LogP contribution in [0.2, 0.25) is 5.02 Å². The van der Waals surface area contributed by atoms with Crippen molar-refractivity contribution in [1.29, 1.82) is 10.5 Å². The van der Waals surface area contributed by atoms with Crippen molar-refractivity contribution in [2.45, 2.75) is 276 Å². The molecule has 0 N–H and O–H groups in total. The molecule has 2 fully saturated rings. The van der Waals surface area contributed by atoms with Crippen LogP contribution in [0.15, 0.2) is 12.1 Å². The van der Waals surface area contributed by atoms with Crippen LogP contribution in [-0.2, 0) is 9.53 Å². The van der Waals surface area contributed by atoms with Crippen LogP contribution in [0.1, 0.15) is 274 Å². The van der Waals surface area contributed by atoms with Gasteiger partial charge in [0, 0.05) is 6.54 Å². The van der Waals surface area contributed by atoms with Gasteiger partial charge >= 0.3 is 6.03 Å². The third-order valence-electron chi connectivity index (χ3n) is 14.6. The maximum atomic E-state index is 14.9. The second-order valence-corrected chi connectivity index (χ2v) is 20.2. The molecule has 1 aromatic carbocycles. The molecule has 1 saturated heterocycles. The van der Waals surface area contributed by atoms with Crippen LogP contribution in [-0.4, -0.2) is 42.1 Å². The second-order valence-electron chi connectivity index (χ2n) is 19.8. The molecule has 8 heteroatoms. The normalized spacial score (nSPS) is 21.6. The fourth-order valence-corrected chi connectivity index (χ4v) is 10.7. The van der Waals surface area contributed by atoms with Crippen LogP contribution in [0.3, 0.4) is 0 Å². The van der Waals surface area contributed by atoms with E-state index in [1.807, 2.05) is 6.07 Å². The first-order chi connectivity index (χ1) is 31.5. The van der Waals surface area contributed by atoms with E-state index in [1.165, 1.54) is 217 Å². The smallest absolute Gasteiger partial charge is 0.332 e. The molecule has 0 aromatic heterocycles. The molecule has 0 unspecified atom stereocenters. The number of imide groups is 1. The summed E-state index contributed by atoms with van der Waals surface area (Å²) in [4.78, 5) is 32.3. The fourth-order valence-electron chi connectivity index (χ4n) is 10.5. The van der Waals surface area contributed by atoms with E-state index in [0.29, 0.717) is 29.7 Å². The standard InChI is InChI=1S/C56H93ClN4O3/c1-50-52(42-41-51(49-59)53(50)57)61-54(62)56(60(55(61)63)46-48-64-47-45-58)43-39-37-35-33-31-29-27-25-23-21-19-17-15-13-11-9-7-5-3-2-4-6-8-10-12-14-16-18-20-22-24-26-28-30-32-34-36-38-40-44-56/h41-42H,2-40,43-44,46-48H2,1H3. The number of rotatable bonds is 5. The number of hydrogen-bond acceptors (Lipinski definition) is 5. The summed E-state index contributed by atoms with van der Waals surface area (Å²) in [5.41, 5.74) is 0.337. The summed E-state index contributed by atoms with van der Waals surface area (Å²) in [5, 5.41) is 19.0. The Balaban J connectivity index is 1.55. The van der Waals surface area contributed by atoms with Gasteiger partial charge in [-0.15, -0.1) is 0 Å². The minimum Gasteiger partial charge on any atom is -0.365 e. The molecule has 1 aliphatic carbocycles. The lowest BCUT2D eigenvalue weighted by Crippen LogP contribution is -2.51. The molecule has 0 bridgehead atoms. The van der Waals surface area contributed by atoms with Crippen molar-refractivity contribution in [2.24, 2.45) is 0 Å². The minimum atomic E-state index is -0.980. The van der Waals surface area contributed by atoms with Gasteiger partial charge < -0.3 is 9.64 Å². The number of benzene rings is 1. The Kier molecular flexibility index (Phi) is 31.8. The summed E-state index contributed by atoms with van der Waals surface area (Å²) >= 11 is 6.60. The molecule has 3 rings (SSSR count). The van der Waals surface area contributed by atoms with Crippen LogP contribution >= 0.6 is 11.6 Å². The molecule has 1 aromatic rings. The third-order valence-corrected chi connectivity index (χ3v) is 15.1. The molecule has 64 heavy (non-hydrogen) atoms. The van der Waals surface area contributed by atoms with E-state index in [2.05, 4.69) is 6.07 Å². The van der Waals surface area contributed by atoms with Gasteiger partial charge in [0.25, 0.3) is 5.91 Å². The lowest BCUT2D eigenvalue weighted by atomic mass is 9.84. The van der Waals surface area contributed by atoms with Gasteiger partial charge in [-0.05, 0) is 37.5 Å². The number of amides is 3. The van der Waals surface area contributed by atoms with Gasteiger partial charge in [-0.1, -0.05) is 262 Å².